The van der Waals surface area contributed by atoms with Crippen molar-refractivity contribution in [1.29, 1.82) is 0 Å². The third-order valence-electron chi connectivity index (χ3n) is 1.32. The van der Waals surface area contributed by atoms with Gasteiger partial charge in [-0.2, -0.15) is 5.10 Å². The molecular weight excluding hydrogens is 171 g/mol. The molecule has 0 aliphatic rings. The molecule has 0 N–H and O–H groups in total. The second-order valence-electron chi connectivity index (χ2n) is 1.89. The van der Waals surface area contributed by atoms with Gasteiger partial charge in [0.1, 0.15) is 0 Å². The molecule has 0 radical (unpaired) electrons. The second-order valence-corrected chi connectivity index (χ2v) is 2.56. The number of alkyl halides is 1. The van der Waals surface area contributed by atoms with Crippen LogP contribution in [0.15, 0.2) is 6.20 Å². The molecule has 0 bridgehead atoms. The minimum absolute atomic E-state index is 0.423. The maximum atomic E-state index is 5.76. The fourth-order valence-corrected chi connectivity index (χ4v) is 1.35. The van der Waals surface area contributed by atoms with E-state index in [-0.39, 0.29) is 0 Å². The van der Waals surface area contributed by atoms with E-state index < -0.39 is 0 Å². The Bertz CT molecular complexity index is 220. The Morgan fingerprint density at radius 2 is 2.40 bits per heavy atom. The topological polar surface area (TPSA) is 17.8 Å². The number of halogens is 2. The molecule has 1 heterocycles. The first-order chi connectivity index (χ1) is 4.79. The zero-order valence-electron chi connectivity index (χ0n) is 5.64. The van der Waals surface area contributed by atoms with Crippen molar-refractivity contribution < 1.29 is 0 Å². The fourth-order valence-electron chi connectivity index (χ4n) is 0.793. The van der Waals surface area contributed by atoms with Crippen molar-refractivity contribution in [3.63, 3.8) is 0 Å². The predicted octanol–water partition coefficient (Wildman–Crippen LogP) is 2.30. The van der Waals surface area contributed by atoms with Gasteiger partial charge in [-0.25, -0.2) is 0 Å². The van der Waals surface area contributed by atoms with Crippen LogP contribution in [-0.2, 0) is 12.4 Å². The van der Waals surface area contributed by atoms with Gasteiger partial charge in [-0.3, -0.25) is 4.68 Å². The highest BCUT2D eigenvalue weighted by molar-refractivity contribution is 6.32. The molecule has 0 unspecified atom stereocenters. The Kier molecular flexibility index (Phi) is 2.57. The summed E-state index contributed by atoms with van der Waals surface area (Å²) >= 11 is 11.4. The van der Waals surface area contributed by atoms with Gasteiger partial charge >= 0.3 is 0 Å². The van der Waals surface area contributed by atoms with Crippen LogP contribution in [-0.4, -0.2) is 9.78 Å². The molecule has 0 saturated carbocycles. The average molecular weight is 179 g/mol. The summed E-state index contributed by atoms with van der Waals surface area (Å²) in [6, 6.07) is 0. The Morgan fingerprint density at radius 3 is 2.80 bits per heavy atom. The number of aryl methyl sites for hydroxylation is 1. The van der Waals surface area contributed by atoms with Crippen LogP contribution in [0.2, 0.25) is 5.02 Å². The van der Waals surface area contributed by atoms with E-state index >= 15 is 0 Å². The molecule has 0 spiro atoms. The number of hydrogen-bond donors (Lipinski definition) is 0. The molecule has 2 nitrogen and oxygen atoms in total. The van der Waals surface area contributed by atoms with Gasteiger partial charge in [-0.1, -0.05) is 11.6 Å². The summed E-state index contributed by atoms with van der Waals surface area (Å²) < 4.78 is 1.79. The van der Waals surface area contributed by atoms with Crippen LogP contribution >= 0.6 is 23.2 Å². The maximum Gasteiger partial charge on any atom is 0.0830 e. The van der Waals surface area contributed by atoms with Gasteiger partial charge in [0, 0.05) is 6.54 Å². The van der Waals surface area contributed by atoms with Crippen molar-refractivity contribution in [2.75, 3.05) is 0 Å². The summed E-state index contributed by atoms with van der Waals surface area (Å²) in [5.74, 6) is 0.423. The molecule has 56 valence electrons. The molecular formula is C6H8Cl2N2. The van der Waals surface area contributed by atoms with E-state index in [4.69, 9.17) is 23.2 Å². The molecule has 10 heavy (non-hydrogen) atoms. The largest absolute Gasteiger partial charge is 0.267 e. The highest BCUT2D eigenvalue weighted by Gasteiger charge is 2.04. The lowest BCUT2D eigenvalue weighted by atomic mass is 10.5. The Hall–Kier alpha value is -0.210. The molecule has 0 aromatic carbocycles. The second kappa shape index (κ2) is 3.26. The minimum atomic E-state index is 0.423. The van der Waals surface area contributed by atoms with Gasteiger partial charge in [-0.15, -0.1) is 11.6 Å². The Morgan fingerprint density at radius 1 is 1.70 bits per heavy atom. The molecule has 1 aromatic heterocycles. The summed E-state index contributed by atoms with van der Waals surface area (Å²) in [5, 5.41) is 4.66. The van der Waals surface area contributed by atoms with E-state index in [1.807, 2.05) is 6.92 Å². The quantitative estimate of drug-likeness (QED) is 0.637. The van der Waals surface area contributed by atoms with Crippen LogP contribution in [0.1, 0.15) is 12.6 Å². The molecule has 4 heteroatoms. The summed E-state index contributed by atoms with van der Waals surface area (Å²) in [7, 11) is 0. The summed E-state index contributed by atoms with van der Waals surface area (Å²) in [5.41, 5.74) is 0.894. The first kappa shape index (κ1) is 7.89. The Balaban J connectivity index is 3.01. The summed E-state index contributed by atoms with van der Waals surface area (Å²) in [6.45, 7) is 2.81. The van der Waals surface area contributed by atoms with Crippen LogP contribution in [0, 0.1) is 0 Å². The monoisotopic (exact) mass is 178 g/mol. The molecule has 0 atom stereocenters. The molecule has 0 saturated heterocycles. The van der Waals surface area contributed by atoms with E-state index in [0.29, 0.717) is 10.9 Å². The molecule has 0 amide bonds. The van der Waals surface area contributed by atoms with Crippen molar-refractivity contribution in [2.45, 2.75) is 19.3 Å². The van der Waals surface area contributed by atoms with Gasteiger partial charge in [0.2, 0.25) is 0 Å². The van der Waals surface area contributed by atoms with Gasteiger partial charge in [0.05, 0.1) is 22.8 Å². The Labute approximate surface area is 69.7 Å². The van der Waals surface area contributed by atoms with E-state index in [2.05, 4.69) is 5.10 Å². The van der Waals surface area contributed by atoms with Gasteiger partial charge in [0.25, 0.3) is 0 Å². The van der Waals surface area contributed by atoms with Gasteiger partial charge in [0.15, 0.2) is 0 Å². The number of nitrogens with zero attached hydrogens (tertiary/aromatic N) is 2. The van der Waals surface area contributed by atoms with Crippen molar-refractivity contribution in [3.8, 4) is 0 Å². The zero-order chi connectivity index (χ0) is 7.56. The van der Waals surface area contributed by atoms with Crippen molar-refractivity contribution in [1.82, 2.24) is 9.78 Å². The van der Waals surface area contributed by atoms with Crippen molar-refractivity contribution in [3.05, 3.63) is 16.9 Å². The van der Waals surface area contributed by atoms with Gasteiger partial charge in [-0.05, 0) is 6.92 Å². The zero-order valence-corrected chi connectivity index (χ0v) is 7.15. The van der Waals surface area contributed by atoms with E-state index in [0.717, 1.165) is 12.2 Å². The SMILES string of the molecule is CCn1ncc(Cl)c1CCl. The van der Waals surface area contributed by atoms with Crippen LogP contribution in [0.3, 0.4) is 0 Å². The normalized spacial score (nSPS) is 10.3. The molecule has 0 fully saturated rings. The van der Waals surface area contributed by atoms with Crippen LogP contribution in [0.5, 0.6) is 0 Å². The number of rotatable bonds is 2. The summed E-state index contributed by atoms with van der Waals surface area (Å²) in [4.78, 5) is 0. The average Bonchev–Trinajstić information content (AvgIpc) is 2.30. The van der Waals surface area contributed by atoms with Crippen molar-refractivity contribution >= 4 is 23.2 Å². The molecule has 0 aliphatic carbocycles. The minimum Gasteiger partial charge on any atom is -0.267 e. The lowest BCUT2D eigenvalue weighted by Gasteiger charge is -1.99. The van der Waals surface area contributed by atoms with Crippen molar-refractivity contribution in [2.24, 2.45) is 0 Å². The van der Waals surface area contributed by atoms with E-state index in [1.54, 1.807) is 10.9 Å². The first-order valence-corrected chi connectivity index (χ1v) is 3.97. The summed E-state index contributed by atoms with van der Waals surface area (Å²) in [6.07, 6.45) is 1.61. The molecule has 1 rings (SSSR count). The van der Waals surface area contributed by atoms with E-state index in [9.17, 15) is 0 Å². The highest BCUT2D eigenvalue weighted by atomic mass is 35.5. The molecule has 0 aliphatic heterocycles. The third kappa shape index (κ3) is 1.27. The lowest BCUT2D eigenvalue weighted by Crippen LogP contribution is -2.00. The first-order valence-electron chi connectivity index (χ1n) is 3.05. The third-order valence-corrected chi connectivity index (χ3v) is 1.89. The van der Waals surface area contributed by atoms with E-state index in [1.165, 1.54) is 0 Å². The maximum absolute atomic E-state index is 5.76. The molecule has 1 aromatic rings. The predicted molar refractivity (Wildman–Crippen MR) is 42.5 cm³/mol. The van der Waals surface area contributed by atoms with Crippen LogP contribution in [0.25, 0.3) is 0 Å². The standard InChI is InChI=1S/C6H8Cl2N2/c1-2-10-6(3-7)5(8)4-9-10/h4H,2-3H2,1H3. The lowest BCUT2D eigenvalue weighted by molar-refractivity contribution is 0.636. The smallest absolute Gasteiger partial charge is 0.0830 e. The van der Waals surface area contributed by atoms with Crippen LogP contribution in [0.4, 0.5) is 0 Å². The fraction of sp³-hybridized carbons (Fsp3) is 0.500. The van der Waals surface area contributed by atoms with Gasteiger partial charge < -0.3 is 0 Å². The number of hydrogen-bond acceptors (Lipinski definition) is 1. The highest BCUT2D eigenvalue weighted by Crippen LogP contribution is 2.16. The van der Waals surface area contributed by atoms with Crippen LogP contribution < -0.4 is 0 Å². The number of aromatic nitrogens is 2.